The van der Waals surface area contributed by atoms with Crippen molar-refractivity contribution in [2.24, 2.45) is 5.73 Å². The van der Waals surface area contributed by atoms with Crippen molar-refractivity contribution in [1.29, 1.82) is 0 Å². The molecular weight excluding hydrogens is 400 g/mol. The van der Waals surface area contributed by atoms with Gasteiger partial charge < -0.3 is 21.7 Å². The first-order valence-corrected chi connectivity index (χ1v) is 9.23. The number of nitrogens with one attached hydrogen (secondary N) is 3. The van der Waals surface area contributed by atoms with Gasteiger partial charge in [-0.1, -0.05) is 48.5 Å². The molecule has 0 bridgehead atoms. The average Bonchev–Trinajstić information content (AvgIpc) is 3.09. The topological polar surface area (TPSA) is 96.2 Å². The lowest BCUT2D eigenvalue weighted by Gasteiger charge is -2.15. The lowest BCUT2D eigenvalue weighted by atomic mass is 10.00. The maximum atomic E-state index is 12.8. The molecule has 6 nitrogen and oxygen atoms in total. The highest BCUT2D eigenvalue weighted by Gasteiger charge is 2.27. The number of amides is 2. The van der Waals surface area contributed by atoms with Gasteiger partial charge in [0.2, 0.25) is 5.91 Å². The molecule has 0 fully saturated rings. The van der Waals surface area contributed by atoms with Crippen molar-refractivity contribution in [1.82, 2.24) is 0 Å². The van der Waals surface area contributed by atoms with Crippen LogP contribution in [-0.2, 0) is 9.59 Å². The van der Waals surface area contributed by atoms with E-state index in [0.717, 1.165) is 22.5 Å². The van der Waals surface area contributed by atoms with Crippen LogP contribution in [0.4, 0.5) is 17.1 Å². The Morgan fingerprint density at radius 3 is 2.10 bits per heavy atom. The van der Waals surface area contributed by atoms with E-state index in [1.165, 1.54) is 0 Å². The molecule has 0 unspecified atom stereocenters. The van der Waals surface area contributed by atoms with Gasteiger partial charge in [-0.2, -0.15) is 0 Å². The Morgan fingerprint density at radius 1 is 0.833 bits per heavy atom. The Bertz CT molecular complexity index is 1100. The molecule has 5 N–H and O–H groups in total. The minimum absolute atomic E-state index is 0. The van der Waals surface area contributed by atoms with Gasteiger partial charge in [0.05, 0.1) is 17.8 Å². The monoisotopic (exact) mass is 420 g/mol. The van der Waals surface area contributed by atoms with Gasteiger partial charge in [0, 0.05) is 22.6 Å². The highest BCUT2D eigenvalue weighted by molar-refractivity contribution is 6.37. The van der Waals surface area contributed by atoms with Crippen LogP contribution >= 0.6 is 12.4 Å². The fourth-order valence-corrected chi connectivity index (χ4v) is 3.24. The van der Waals surface area contributed by atoms with E-state index in [2.05, 4.69) is 16.0 Å². The van der Waals surface area contributed by atoms with Gasteiger partial charge in [-0.25, -0.2) is 0 Å². The van der Waals surface area contributed by atoms with Crippen molar-refractivity contribution >= 4 is 52.6 Å². The Morgan fingerprint density at radius 2 is 1.43 bits per heavy atom. The number of para-hydroxylation sites is 1. The van der Waals surface area contributed by atoms with Crippen LogP contribution in [0.25, 0.3) is 11.3 Å². The predicted molar refractivity (Wildman–Crippen MR) is 123 cm³/mol. The Labute approximate surface area is 180 Å². The summed E-state index contributed by atoms with van der Waals surface area (Å²) in [5, 5.41) is 9.02. The molecule has 3 aromatic carbocycles. The third-order valence-corrected chi connectivity index (χ3v) is 4.61. The first-order chi connectivity index (χ1) is 14.2. The summed E-state index contributed by atoms with van der Waals surface area (Å²) in [6.45, 7) is -0.0707. The zero-order valence-electron chi connectivity index (χ0n) is 16.0. The van der Waals surface area contributed by atoms with Gasteiger partial charge in [0.25, 0.3) is 5.91 Å². The van der Waals surface area contributed by atoms with E-state index in [1.54, 1.807) is 12.1 Å². The second kappa shape index (κ2) is 9.26. The fraction of sp³-hybridized carbons (Fsp3) is 0.0435. The highest BCUT2D eigenvalue weighted by Crippen LogP contribution is 2.37. The summed E-state index contributed by atoms with van der Waals surface area (Å²) in [6, 6.07) is 24.6. The minimum Gasteiger partial charge on any atom is -0.354 e. The van der Waals surface area contributed by atoms with E-state index in [-0.39, 0.29) is 30.8 Å². The molecule has 1 aliphatic rings. The maximum absolute atomic E-state index is 12.8. The number of halogens is 1. The highest BCUT2D eigenvalue weighted by atomic mass is 35.5. The van der Waals surface area contributed by atoms with E-state index in [4.69, 9.17) is 5.73 Å². The molecule has 0 aromatic heterocycles. The van der Waals surface area contributed by atoms with E-state index in [9.17, 15) is 9.59 Å². The van der Waals surface area contributed by atoms with Gasteiger partial charge in [0.15, 0.2) is 0 Å². The van der Waals surface area contributed by atoms with Crippen molar-refractivity contribution in [2.45, 2.75) is 0 Å². The third kappa shape index (κ3) is 4.35. The van der Waals surface area contributed by atoms with Gasteiger partial charge >= 0.3 is 0 Å². The first-order valence-electron chi connectivity index (χ1n) is 9.23. The summed E-state index contributed by atoms with van der Waals surface area (Å²) in [5.41, 5.74) is 10.6. The quantitative estimate of drug-likeness (QED) is 0.470. The number of nitrogens with two attached hydrogens (primary N) is 1. The molecule has 152 valence electrons. The van der Waals surface area contributed by atoms with E-state index in [0.29, 0.717) is 17.0 Å². The van der Waals surface area contributed by atoms with Crippen molar-refractivity contribution in [3.05, 3.63) is 90.0 Å². The molecule has 0 aliphatic carbocycles. The minimum atomic E-state index is -0.253. The predicted octanol–water partition coefficient (Wildman–Crippen LogP) is 3.94. The summed E-state index contributed by atoms with van der Waals surface area (Å²) in [7, 11) is 0. The van der Waals surface area contributed by atoms with Gasteiger partial charge in [-0.05, 0) is 35.9 Å². The number of fused-ring (bicyclic) bond motifs is 1. The number of benzene rings is 3. The molecule has 7 heteroatoms. The number of hydrogen-bond donors (Lipinski definition) is 4. The molecule has 2 amide bonds. The fourth-order valence-electron chi connectivity index (χ4n) is 3.24. The maximum Gasteiger partial charge on any atom is 0.258 e. The van der Waals surface area contributed by atoms with Crippen LogP contribution in [0.15, 0.2) is 78.9 Å². The van der Waals surface area contributed by atoms with Crippen LogP contribution < -0.4 is 21.7 Å². The molecule has 0 radical (unpaired) electrons. The van der Waals surface area contributed by atoms with Crippen LogP contribution in [0.2, 0.25) is 0 Å². The molecule has 30 heavy (non-hydrogen) atoms. The molecule has 0 saturated heterocycles. The van der Waals surface area contributed by atoms with E-state index >= 15 is 0 Å². The van der Waals surface area contributed by atoms with Crippen LogP contribution in [-0.4, -0.2) is 18.4 Å². The standard InChI is InChI=1S/C23H20N4O2.ClH/c24-14-20(28)25-16-10-12-17(13-11-16)26-22(15-6-2-1-3-7-15)21-18-8-4-5-9-19(18)27-23(21)29;/h1-13,26H,14,24H2,(H,25,28)(H,27,29);1H/b22-21-;. The van der Waals surface area contributed by atoms with E-state index < -0.39 is 0 Å². The molecule has 3 aromatic rings. The summed E-state index contributed by atoms with van der Waals surface area (Å²) >= 11 is 0. The third-order valence-electron chi connectivity index (χ3n) is 4.61. The van der Waals surface area contributed by atoms with Gasteiger partial charge in [0.1, 0.15) is 0 Å². The lowest BCUT2D eigenvalue weighted by molar-refractivity contribution is -0.115. The van der Waals surface area contributed by atoms with Crippen LogP contribution in [0, 0.1) is 0 Å². The largest absolute Gasteiger partial charge is 0.354 e. The van der Waals surface area contributed by atoms with Crippen LogP contribution in [0.3, 0.4) is 0 Å². The normalized spacial score (nSPS) is 13.6. The van der Waals surface area contributed by atoms with Gasteiger partial charge in [-0.15, -0.1) is 12.4 Å². The SMILES string of the molecule is Cl.NCC(=O)Nc1ccc(N/C(=C2\C(=O)Nc3ccccc32)c2ccccc2)cc1. The lowest BCUT2D eigenvalue weighted by Crippen LogP contribution is -2.21. The zero-order valence-corrected chi connectivity index (χ0v) is 16.8. The number of rotatable bonds is 5. The molecule has 1 heterocycles. The zero-order chi connectivity index (χ0) is 20.2. The number of carbonyl (C=O) groups is 2. The summed E-state index contributed by atoms with van der Waals surface area (Å²) in [6.07, 6.45) is 0. The second-order valence-corrected chi connectivity index (χ2v) is 6.57. The number of carbonyl (C=O) groups excluding carboxylic acids is 2. The molecule has 4 rings (SSSR count). The second-order valence-electron chi connectivity index (χ2n) is 6.57. The Balaban J connectivity index is 0.00000256. The molecular formula is C23H21ClN4O2. The smallest absolute Gasteiger partial charge is 0.258 e. The Kier molecular flexibility index (Phi) is 6.51. The first kappa shape index (κ1) is 21.1. The van der Waals surface area contributed by atoms with E-state index in [1.807, 2.05) is 66.7 Å². The van der Waals surface area contributed by atoms with Crippen molar-refractivity contribution in [3.63, 3.8) is 0 Å². The van der Waals surface area contributed by atoms with Crippen LogP contribution in [0.1, 0.15) is 11.1 Å². The van der Waals surface area contributed by atoms with Gasteiger partial charge in [-0.3, -0.25) is 9.59 Å². The molecule has 0 atom stereocenters. The number of anilines is 3. The molecule has 0 spiro atoms. The average molecular weight is 421 g/mol. The molecule has 0 saturated carbocycles. The summed E-state index contributed by atoms with van der Waals surface area (Å²) < 4.78 is 0. The van der Waals surface area contributed by atoms with Crippen molar-refractivity contribution < 1.29 is 9.59 Å². The summed E-state index contributed by atoms with van der Waals surface area (Å²) in [4.78, 5) is 24.2. The molecule has 1 aliphatic heterocycles. The Hall–Kier alpha value is -3.61. The summed E-state index contributed by atoms with van der Waals surface area (Å²) in [5.74, 6) is -0.401. The van der Waals surface area contributed by atoms with Crippen molar-refractivity contribution in [3.8, 4) is 0 Å². The number of hydrogen-bond acceptors (Lipinski definition) is 4. The van der Waals surface area contributed by atoms with Crippen molar-refractivity contribution in [2.75, 3.05) is 22.5 Å². The van der Waals surface area contributed by atoms with Crippen LogP contribution in [0.5, 0.6) is 0 Å².